The van der Waals surface area contributed by atoms with Gasteiger partial charge in [-0.25, -0.2) is 0 Å². The van der Waals surface area contributed by atoms with Crippen molar-refractivity contribution in [2.75, 3.05) is 11.5 Å². The normalized spacial score (nSPS) is 12.4. The Labute approximate surface area is 55.8 Å². The second-order valence-electron chi connectivity index (χ2n) is 1.43. The summed E-state index contributed by atoms with van der Waals surface area (Å²) in [4.78, 5) is 9.86. The van der Waals surface area contributed by atoms with Crippen molar-refractivity contribution in [3.05, 3.63) is 12.7 Å². The molecule has 0 aliphatic rings. The predicted molar refractivity (Wildman–Crippen MR) is 35.7 cm³/mol. The fourth-order valence-corrected chi connectivity index (χ4v) is 0.984. The lowest BCUT2D eigenvalue weighted by molar-refractivity contribution is -0.133. The number of carbonyl (C=O) groups is 1. The zero-order valence-electron chi connectivity index (χ0n) is 4.87. The van der Waals surface area contributed by atoms with E-state index in [-0.39, 0.29) is 11.5 Å². The van der Waals surface area contributed by atoms with Crippen LogP contribution in [0.4, 0.5) is 0 Å². The van der Waals surface area contributed by atoms with E-state index in [4.69, 9.17) is 5.11 Å². The maximum absolute atomic E-state index is 10.5. The first kappa shape index (κ1) is 8.36. The fourth-order valence-electron chi connectivity index (χ4n) is 0.328. The summed E-state index contributed by atoms with van der Waals surface area (Å²) in [6.07, 6.45) is 1.44. The van der Waals surface area contributed by atoms with Crippen LogP contribution in [-0.4, -0.2) is 26.8 Å². The summed E-state index contributed by atoms with van der Waals surface area (Å²) in [5, 5.41) is 8.08. The molecule has 4 heteroatoms. The summed E-state index contributed by atoms with van der Waals surface area (Å²) in [5.41, 5.74) is 0. The second-order valence-corrected chi connectivity index (χ2v) is 2.93. The molecule has 0 unspecified atom stereocenters. The summed E-state index contributed by atoms with van der Waals surface area (Å²) >= 11 is 0. The maximum atomic E-state index is 10.5. The van der Waals surface area contributed by atoms with Crippen LogP contribution in [0.3, 0.4) is 0 Å². The van der Waals surface area contributed by atoms with E-state index < -0.39 is 16.8 Å². The summed E-state index contributed by atoms with van der Waals surface area (Å²) in [7, 11) is -1.27. The first-order valence-corrected chi connectivity index (χ1v) is 3.83. The van der Waals surface area contributed by atoms with Crippen LogP contribution in [0, 0.1) is 0 Å². The molecular weight excluding hydrogens is 140 g/mol. The molecule has 0 radical (unpaired) electrons. The highest BCUT2D eigenvalue weighted by Crippen LogP contribution is 1.81. The fraction of sp³-hybridized carbons (Fsp3) is 0.400. The third-order valence-electron chi connectivity index (χ3n) is 0.588. The van der Waals surface area contributed by atoms with E-state index >= 15 is 0 Å². The van der Waals surface area contributed by atoms with Crippen molar-refractivity contribution in [1.82, 2.24) is 0 Å². The quantitative estimate of drug-likeness (QED) is 0.571. The molecule has 0 spiro atoms. The molecule has 52 valence electrons. The van der Waals surface area contributed by atoms with Crippen LogP contribution in [0.15, 0.2) is 12.7 Å². The Hall–Kier alpha value is -0.640. The van der Waals surface area contributed by atoms with Gasteiger partial charge in [-0.1, -0.05) is 6.08 Å². The Morgan fingerprint density at radius 3 is 2.67 bits per heavy atom. The van der Waals surface area contributed by atoms with Crippen LogP contribution in [0.25, 0.3) is 0 Å². The largest absolute Gasteiger partial charge is 0.481 e. The summed E-state index contributed by atoms with van der Waals surface area (Å²) in [5.74, 6) is -1.06. The second kappa shape index (κ2) is 4.26. The van der Waals surface area contributed by atoms with E-state index in [1.807, 2.05) is 0 Å². The topological polar surface area (TPSA) is 54.4 Å². The lowest BCUT2D eigenvalue weighted by atomic mass is 10.8. The smallest absolute Gasteiger partial charge is 0.316 e. The number of hydrogen-bond acceptors (Lipinski definition) is 2. The van der Waals surface area contributed by atoms with Crippen molar-refractivity contribution in [3.8, 4) is 0 Å². The minimum atomic E-state index is -1.27. The van der Waals surface area contributed by atoms with Crippen LogP contribution in [0.2, 0.25) is 0 Å². The zero-order chi connectivity index (χ0) is 7.28. The molecule has 0 saturated heterocycles. The van der Waals surface area contributed by atoms with Crippen LogP contribution in [-0.2, 0) is 15.6 Å². The van der Waals surface area contributed by atoms with E-state index in [1.165, 1.54) is 6.08 Å². The van der Waals surface area contributed by atoms with Crippen LogP contribution >= 0.6 is 0 Å². The molecule has 1 N–H and O–H groups in total. The van der Waals surface area contributed by atoms with Gasteiger partial charge in [-0.2, -0.15) is 0 Å². The number of hydrogen-bond donors (Lipinski definition) is 1. The van der Waals surface area contributed by atoms with Gasteiger partial charge in [0.2, 0.25) is 0 Å². The third kappa shape index (κ3) is 5.23. The van der Waals surface area contributed by atoms with Gasteiger partial charge in [0.1, 0.15) is 5.75 Å². The molecule has 0 aliphatic carbocycles. The van der Waals surface area contributed by atoms with Gasteiger partial charge in [0.05, 0.1) is 0 Å². The Morgan fingerprint density at radius 1 is 1.78 bits per heavy atom. The molecule has 1 atom stereocenters. The third-order valence-corrected chi connectivity index (χ3v) is 1.76. The Morgan fingerprint density at radius 2 is 2.33 bits per heavy atom. The summed E-state index contributed by atoms with van der Waals surface area (Å²) in [6, 6.07) is 0. The molecule has 0 heterocycles. The summed E-state index contributed by atoms with van der Waals surface area (Å²) < 4.78 is 10.5. The van der Waals surface area contributed by atoms with Gasteiger partial charge in [0.15, 0.2) is 0 Å². The molecule has 0 aromatic heterocycles. The SMILES string of the molecule is C=CC[S@@](=O)CC(=O)O. The van der Waals surface area contributed by atoms with Crippen molar-refractivity contribution in [2.24, 2.45) is 0 Å². The molecule has 3 nitrogen and oxygen atoms in total. The van der Waals surface area contributed by atoms with E-state index in [0.717, 1.165) is 0 Å². The number of aliphatic carboxylic acids is 1. The average Bonchev–Trinajstić information content (AvgIpc) is 1.63. The number of carboxylic acids is 1. The van der Waals surface area contributed by atoms with Gasteiger partial charge < -0.3 is 5.11 Å². The lowest BCUT2D eigenvalue weighted by Gasteiger charge is -1.89. The van der Waals surface area contributed by atoms with Crippen LogP contribution in [0.1, 0.15) is 0 Å². The molecule has 0 aromatic rings. The minimum Gasteiger partial charge on any atom is -0.481 e. The molecule has 9 heavy (non-hydrogen) atoms. The van der Waals surface area contributed by atoms with E-state index in [0.29, 0.717) is 0 Å². The monoisotopic (exact) mass is 148 g/mol. The Kier molecular flexibility index (Phi) is 3.96. The highest BCUT2D eigenvalue weighted by molar-refractivity contribution is 7.85. The van der Waals surface area contributed by atoms with Gasteiger partial charge in [-0.15, -0.1) is 6.58 Å². The van der Waals surface area contributed by atoms with Crippen molar-refractivity contribution in [1.29, 1.82) is 0 Å². The van der Waals surface area contributed by atoms with E-state index in [1.54, 1.807) is 0 Å². The number of rotatable bonds is 4. The zero-order valence-corrected chi connectivity index (χ0v) is 5.69. The van der Waals surface area contributed by atoms with Crippen molar-refractivity contribution < 1.29 is 14.1 Å². The van der Waals surface area contributed by atoms with Crippen LogP contribution in [0.5, 0.6) is 0 Å². The van der Waals surface area contributed by atoms with Crippen LogP contribution < -0.4 is 0 Å². The molecule has 0 fully saturated rings. The highest BCUT2D eigenvalue weighted by Gasteiger charge is 2.01. The Bertz CT molecular complexity index is 141. The molecule has 0 amide bonds. The Balaban J connectivity index is 3.50. The molecule has 0 saturated carbocycles. The number of carboxylic acid groups (broad SMARTS) is 1. The molecule has 0 rings (SSSR count). The van der Waals surface area contributed by atoms with Gasteiger partial charge in [-0.05, 0) is 0 Å². The highest BCUT2D eigenvalue weighted by atomic mass is 32.2. The first-order valence-electron chi connectivity index (χ1n) is 2.34. The predicted octanol–water partition coefficient (Wildman–Crippen LogP) is 0.00570. The average molecular weight is 148 g/mol. The van der Waals surface area contributed by atoms with Crippen molar-refractivity contribution in [2.45, 2.75) is 0 Å². The molecule has 0 aliphatic heterocycles. The minimum absolute atomic E-state index is 0.256. The molecular formula is C5H8O3S. The van der Waals surface area contributed by atoms with Crippen molar-refractivity contribution >= 4 is 16.8 Å². The molecule has 0 bridgehead atoms. The van der Waals surface area contributed by atoms with Gasteiger partial charge >= 0.3 is 5.97 Å². The molecule has 0 aromatic carbocycles. The van der Waals surface area contributed by atoms with E-state index in [9.17, 15) is 9.00 Å². The summed E-state index contributed by atoms with van der Waals surface area (Å²) in [6.45, 7) is 3.32. The van der Waals surface area contributed by atoms with Gasteiger partial charge in [-0.3, -0.25) is 9.00 Å². The van der Waals surface area contributed by atoms with E-state index in [2.05, 4.69) is 6.58 Å². The first-order chi connectivity index (χ1) is 4.16. The maximum Gasteiger partial charge on any atom is 0.316 e. The standard InChI is InChI=1S/C5H8O3S/c1-2-3-9(8)4-5(6)7/h2H,1,3-4H2,(H,6,7)/t9-/m1/s1. The van der Waals surface area contributed by atoms with Crippen molar-refractivity contribution in [3.63, 3.8) is 0 Å². The van der Waals surface area contributed by atoms with Gasteiger partial charge in [0.25, 0.3) is 0 Å². The van der Waals surface area contributed by atoms with Gasteiger partial charge in [0, 0.05) is 16.6 Å². The lowest BCUT2D eigenvalue weighted by Crippen LogP contribution is -2.10.